The van der Waals surface area contributed by atoms with Crippen molar-refractivity contribution >= 4 is 33.2 Å². The molecule has 26 heavy (non-hydrogen) atoms. The molecule has 0 saturated carbocycles. The number of fused-ring (bicyclic) bond motifs is 3. The Bertz CT molecular complexity index is 1080. The van der Waals surface area contributed by atoms with Gasteiger partial charge in [-0.05, 0) is 31.2 Å². The molecule has 3 heterocycles. The second-order valence-electron chi connectivity index (χ2n) is 6.41. The fourth-order valence-electron chi connectivity index (χ4n) is 3.31. The predicted molar refractivity (Wildman–Crippen MR) is 96.7 cm³/mol. The topological polar surface area (TPSA) is 108 Å². The van der Waals surface area contributed by atoms with Gasteiger partial charge in [0, 0.05) is 10.9 Å². The number of amides is 1. The van der Waals surface area contributed by atoms with E-state index in [-0.39, 0.29) is 23.4 Å². The Morgan fingerprint density at radius 2 is 2.08 bits per heavy atom. The average molecular weight is 371 g/mol. The van der Waals surface area contributed by atoms with Crippen LogP contribution in [0.1, 0.15) is 50.6 Å². The van der Waals surface area contributed by atoms with Gasteiger partial charge in [0.2, 0.25) is 5.78 Å². The Balaban J connectivity index is 1.69. The highest BCUT2D eigenvalue weighted by Gasteiger charge is 2.21. The molecule has 8 heteroatoms. The molecule has 4 rings (SSSR count). The summed E-state index contributed by atoms with van der Waals surface area (Å²) in [6, 6.07) is 1.29. The number of rotatable bonds is 4. The zero-order valence-corrected chi connectivity index (χ0v) is 14.8. The SMILES string of the molecule is NC(=O)c1coc(C(=O)Cn2cnc3sc4c(c3c2=O)CCCCC4)c1. The number of carbonyl (C=O) groups excluding carboxylic acids is 2. The summed E-state index contributed by atoms with van der Waals surface area (Å²) in [5.41, 5.74) is 6.17. The molecule has 1 aliphatic rings. The van der Waals surface area contributed by atoms with Gasteiger partial charge in [0.15, 0.2) is 5.76 Å². The number of hydrogen-bond donors (Lipinski definition) is 1. The van der Waals surface area contributed by atoms with Gasteiger partial charge in [0.25, 0.3) is 11.5 Å². The molecular formula is C18H17N3O4S. The van der Waals surface area contributed by atoms with E-state index >= 15 is 0 Å². The number of carbonyl (C=O) groups is 2. The van der Waals surface area contributed by atoms with Crippen molar-refractivity contribution in [2.75, 3.05) is 0 Å². The number of aromatic nitrogens is 2. The summed E-state index contributed by atoms with van der Waals surface area (Å²) in [7, 11) is 0. The molecule has 0 unspecified atom stereocenters. The first-order chi connectivity index (χ1) is 12.5. The van der Waals surface area contributed by atoms with E-state index in [1.54, 1.807) is 11.3 Å². The van der Waals surface area contributed by atoms with E-state index < -0.39 is 11.7 Å². The van der Waals surface area contributed by atoms with Gasteiger partial charge in [-0.15, -0.1) is 11.3 Å². The standard InChI is InChI=1S/C18H17N3O4S/c19-16(23)10-6-13(25-8-10)12(22)7-21-9-20-17-15(18(21)24)11-4-2-1-3-5-14(11)26-17/h6,8-9H,1-5,7H2,(H2,19,23). The van der Waals surface area contributed by atoms with Crippen molar-refractivity contribution in [2.45, 2.75) is 38.6 Å². The third kappa shape index (κ3) is 2.86. The van der Waals surface area contributed by atoms with Gasteiger partial charge in [0.05, 0.1) is 23.8 Å². The quantitative estimate of drug-likeness (QED) is 0.559. The highest BCUT2D eigenvalue weighted by atomic mass is 32.1. The number of furan rings is 1. The molecule has 2 N–H and O–H groups in total. The molecule has 0 bridgehead atoms. The number of primary amides is 1. The minimum Gasteiger partial charge on any atom is -0.460 e. The monoisotopic (exact) mass is 371 g/mol. The normalized spacial score (nSPS) is 14.2. The van der Waals surface area contributed by atoms with Crippen LogP contribution in [0.2, 0.25) is 0 Å². The third-order valence-corrected chi connectivity index (χ3v) is 5.86. The van der Waals surface area contributed by atoms with Crippen molar-refractivity contribution < 1.29 is 14.0 Å². The maximum Gasteiger partial charge on any atom is 0.262 e. The van der Waals surface area contributed by atoms with Gasteiger partial charge in [0.1, 0.15) is 11.1 Å². The summed E-state index contributed by atoms with van der Waals surface area (Å²) in [5.74, 6) is -1.09. The molecule has 1 aliphatic carbocycles. The number of nitrogens with zero attached hydrogens (tertiary/aromatic N) is 2. The van der Waals surface area contributed by atoms with E-state index in [4.69, 9.17) is 10.2 Å². The fourth-order valence-corrected chi connectivity index (χ4v) is 4.53. The van der Waals surface area contributed by atoms with Crippen molar-refractivity contribution in [2.24, 2.45) is 5.73 Å². The molecule has 1 amide bonds. The van der Waals surface area contributed by atoms with E-state index in [2.05, 4.69) is 4.98 Å². The first-order valence-electron chi connectivity index (χ1n) is 8.46. The minimum absolute atomic E-state index is 0.00468. The minimum atomic E-state index is -0.672. The van der Waals surface area contributed by atoms with Crippen LogP contribution in [-0.4, -0.2) is 21.2 Å². The molecular weight excluding hydrogens is 354 g/mol. The number of aryl methyl sites for hydroxylation is 2. The van der Waals surface area contributed by atoms with E-state index in [1.807, 2.05) is 0 Å². The van der Waals surface area contributed by atoms with Crippen LogP contribution >= 0.6 is 11.3 Å². The Morgan fingerprint density at radius 3 is 2.85 bits per heavy atom. The van der Waals surface area contributed by atoms with Gasteiger partial charge in [-0.1, -0.05) is 6.42 Å². The largest absolute Gasteiger partial charge is 0.460 e. The summed E-state index contributed by atoms with van der Waals surface area (Å²) in [6.07, 6.45) is 7.76. The highest BCUT2D eigenvalue weighted by Crippen LogP contribution is 2.32. The van der Waals surface area contributed by atoms with Crippen molar-refractivity contribution in [3.05, 3.63) is 50.8 Å². The number of hydrogen-bond acceptors (Lipinski definition) is 6. The third-order valence-electron chi connectivity index (χ3n) is 4.66. The summed E-state index contributed by atoms with van der Waals surface area (Å²) >= 11 is 1.58. The van der Waals surface area contributed by atoms with E-state index in [9.17, 15) is 14.4 Å². The zero-order chi connectivity index (χ0) is 18.3. The number of nitrogens with two attached hydrogens (primary N) is 1. The lowest BCUT2D eigenvalue weighted by Crippen LogP contribution is -2.24. The summed E-state index contributed by atoms with van der Waals surface area (Å²) in [5, 5.41) is 0.638. The van der Waals surface area contributed by atoms with Crippen LogP contribution in [0.15, 0.2) is 27.9 Å². The van der Waals surface area contributed by atoms with Crippen LogP contribution in [0, 0.1) is 0 Å². The molecule has 0 aliphatic heterocycles. The van der Waals surface area contributed by atoms with Crippen LogP contribution in [0.4, 0.5) is 0 Å². The summed E-state index contributed by atoms with van der Waals surface area (Å²) in [4.78, 5) is 42.8. The van der Waals surface area contributed by atoms with Gasteiger partial charge in [-0.25, -0.2) is 4.98 Å². The Hall–Kier alpha value is -2.74. The molecule has 3 aromatic rings. The maximum atomic E-state index is 12.9. The second-order valence-corrected chi connectivity index (χ2v) is 7.49. The first-order valence-corrected chi connectivity index (χ1v) is 9.27. The van der Waals surface area contributed by atoms with Crippen molar-refractivity contribution in [1.82, 2.24) is 9.55 Å². The van der Waals surface area contributed by atoms with Crippen LogP contribution in [-0.2, 0) is 19.4 Å². The van der Waals surface area contributed by atoms with Gasteiger partial charge >= 0.3 is 0 Å². The van der Waals surface area contributed by atoms with Crippen LogP contribution in [0.25, 0.3) is 10.2 Å². The Labute approximate surface area is 152 Å². The number of thiophene rings is 1. The highest BCUT2D eigenvalue weighted by molar-refractivity contribution is 7.18. The van der Waals surface area contributed by atoms with Crippen LogP contribution in [0.3, 0.4) is 0 Å². The average Bonchev–Trinajstić information content (AvgIpc) is 3.17. The van der Waals surface area contributed by atoms with Crippen molar-refractivity contribution in [1.29, 1.82) is 0 Å². The second kappa shape index (κ2) is 6.53. The predicted octanol–water partition coefficient (Wildman–Crippen LogP) is 2.30. The molecule has 0 spiro atoms. The van der Waals surface area contributed by atoms with Gasteiger partial charge < -0.3 is 10.2 Å². The molecule has 7 nitrogen and oxygen atoms in total. The fraction of sp³-hybridized carbons (Fsp3) is 0.333. The zero-order valence-electron chi connectivity index (χ0n) is 14.0. The molecule has 0 atom stereocenters. The molecule has 0 radical (unpaired) electrons. The van der Waals surface area contributed by atoms with E-state index in [0.29, 0.717) is 5.39 Å². The molecule has 0 saturated heterocycles. The van der Waals surface area contributed by atoms with Gasteiger partial charge in [-0.3, -0.25) is 19.0 Å². The summed E-state index contributed by atoms with van der Waals surface area (Å²) in [6.45, 7) is -0.196. The van der Waals surface area contributed by atoms with Crippen molar-refractivity contribution in [3.8, 4) is 0 Å². The first kappa shape index (κ1) is 16.7. The molecule has 134 valence electrons. The molecule has 0 aromatic carbocycles. The van der Waals surface area contributed by atoms with Gasteiger partial charge in [-0.2, -0.15) is 0 Å². The van der Waals surface area contributed by atoms with Crippen LogP contribution < -0.4 is 11.3 Å². The smallest absolute Gasteiger partial charge is 0.262 e. The Kier molecular flexibility index (Phi) is 4.20. The summed E-state index contributed by atoms with van der Waals surface area (Å²) < 4.78 is 6.40. The maximum absolute atomic E-state index is 12.9. The molecule has 3 aromatic heterocycles. The Morgan fingerprint density at radius 1 is 1.27 bits per heavy atom. The van der Waals surface area contributed by atoms with E-state index in [0.717, 1.165) is 48.8 Å². The lowest BCUT2D eigenvalue weighted by atomic mass is 10.1. The number of Topliss-reactive ketones (excluding diaryl/α,β-unsaturated/α-hetero) is 1. The molecule has 0 fully saturated rings. The van der Waals surface area contributed by atoms with Crippen molar-refractivity contribution in [3.63, 3.8) is 0 Å². The lowest BCUT2D eigenvalue weighted by molar-refractivity contribution is 0.0942. The number of ketones is 1. The van der Waals surface area contributed by atoms with Crippen LogP contribution in [0.5, 0.6) is 0 Å². The lowest BCUT2D eigenvalue weighted by Gasteiger charge is -2.04. The van der Waals surface area contributed by atoms with E-state index in [1.165, 1.54) is 21.8 Å².